The van der Waals surface area contributed by atoms with Crippen molar-refractivity contribution in [1.82, 2.24) is 0 Å². The highest BCUT2D eigenvalue weighted by Gasteiger charge is 2.00. The van der Waals surface area contributed by atoms with E-state index in [1.807, 2.05) is 0 Å². The van der Waals surface area contributed by atoms with E-state index in [-0.39, 0.29) is 0 Å². The summed E-state index contributed by atoms with van der Waals surface area (Å²) in [6, 6.07) is 9.10. The summed E-state index contributed by atoms with van der Waals surface area (Å²) >= 11 is 0. The fourth-order valence-electron chi connectivity index (χ4n) is 1.81. The molecule has 2 aromatic carbocycles. The second-order valence-electron chi connectivity index (χ2n) is 4.22. The van der Waals surface area contributed by atoms with E-state index in [0.717, 1.165) is 0 Å². The molecule has 0 nitrogen and oxygen atoms in total. The lowest BCUT2D eigenvalue weighted by Gasteiger charge is -2.07. The number of hydrogen-bond acceptors (Lipinski definition) is 0. The Kier molecular flexibility index (Phi) is 2.07. The van der Waals surface area contributed by atoms with Crippen molar-refractivity contribution in [3.8, 4) is 0 Å². The molecule has 0 unspecified atom stereocenters. The molecular formula is C14H16. The third-order valence-electron chi connectivity index (χ3n) is 3.07. The maximum Gasteiger partial charge on any atom is -0.0178 e. The molecule has 0 aliphatic carbocycles. The van der Waals surface area contributed by atoms with Crippen molar-refractivity contribution in [3.63, 3.8) is 0 Å². The number of rotatable bonds is 0. The van der Waals surface area contributed by atoms with Crippen LogP contribution >= 0.6 is 0 Å². The number of hydrogen-bond donors (Lipinski definition) is 0. The monoisotopic (exact) mass is 184 g/mol. The molecule has 0 N–H and O–H groups in total. The standard InChI is InChI=1S/C14H16/c1-9-5-13-7-11(3)12(4)8-14(13)6-10(9)2/h5-8H,1-4H3. The van der Waals surface area contributed by atoms with Crippen LogP contribution in [0.3, 0.4) is 0 Å². The van der Waals surface area contributed by atoms with Gasteiger partial charge < -0.3 is 0 Å². The van der Waals surface area contributed by atoms with Gasteiger partial charge in [0.2, 0.25) is 0 Å². The van der Waals surface area contributed by atoms with Crippen LogP contribution in [0.2, 0.25) is 0 Å². The number of aryl methyl sites for hydroxylation is 4. The normalized spacial score (nSPS) is 10.9. The average molecular weight is 184 g/mol. The van der Waals surface area contributed by atoms with Gasteiger partial charge in [0.25, 0.3) is 0 Å². The summed E-state index contributed by atoms with van der Waals surface area (Å²) < 4.78 is 0. The van der Waals surface area contributed by atoms with Crippen LogP contribution in [0.25, 0.3) is 10.8 Å². The Morgan fingerprint density at radius 2 is 0.714 bits per heavy atom. The highest BCUT2D eigenvalue weighted by atomic mass is 14.0. The van der Waals surface area contributed by atoms with Crippen LogP contribution in [0.5, 0.6) is 0 Å². The van der Waals surface area contributed by atoms with Crippen LogP contribution in [0, 0.1) is 27.7 Å². The second kappa shape index (κ2) is 3.13. The van der Waals surface area contributed by atoms with Crippen molar-refractivity contribution in [2.45, 2.75) is 27.7 Å². The van der Waals surface area contributed by atoms with E-state index in [1.54, 1.807) is 0 Å². The zero-order chi connectivity index (χ0) is 10.3. The summed E-state index contributed by atoms with van der Waals surface area (Å²) in [4.78, 5) is 0. The van der Waals surface area contributed by atoms with Gasteiger partial charge in [-0.15, -0.1) is 0 Å². The van der Waals surface area contributed by atoms with E-state index in [2.05, 4.69) is 52.0 Å². The smallest absolute Gasteiger partial charge is 0.0178 e. The molecule has 0 spiro atoms. The van der Waals surface area contributed by atoms with E-state index >= 15 is 0 Å². The van der Waals surface area contributed by atoms with Crippen molar-refractivity contribution in [1.29, 1.82) is 0 Å². The topological polar surface area (TPSA) is 0 Å². The molecule has 2 aromatic rings. The molecule has 0 aliphatic rings. The third kappa shape index (κ3) is 1.41. The first-order chi connectivity index (χ1) is 6.58. The molecule has 0 fully saturated rings. The van der Waals surface area contributed by atoms with Gasteiger partial charge in [0, 0.05) is 0 Å². The lowest BCUT2D eigenvalue weighted by molar-refractivity contribution is 1.34. The molecular weight excluding hydrogens is 168 g/mol. The van der Waals surface area contributed by atoms with Crippen LogP contribution in [0.4, 0.5) is 0 Å². The molecule has 0 saturated heterocycles. The zero-order valence-corrected chi connectivity index (χ0v) is 9.31. The first-order valence-corrected chi connectivity index (χ1v) is 5.06. The SMILES string of the molecule is Cc1cc2cc(C)c(C)cc2cc1C. The third-order valence-corrected chi connectivity index (χ3v) is 3.07. The number of fused-ring (bicyclic) bond motifs is 1. The predicted molar refractivity (Wildman–Crippen MR) is 62.9 cm³/mol. The first kappa shape index (κ1) is 9.26. The highest BCUT2D eigenvalue weighted by Crippen LogP contribution is 2.22. The van der Waals surface area contributed by atoms with Gasteiger partial charge in [-0.1, -0.05) is 24.3 Å². The molecule has 0 saturated carbocycles. The van der Waals surface area contributed by atoms with Crippen LogP contribution in [0.1, 0.15) is 22.3 Å². The van der Waals surface area contributed by atoms with Crippen molar-refractivity contribution < 1.29 is 0 Å². The first-order valence-electron chi connectivity index (χ1n) is 5.06. The fourth-order valence-corrected chi connectivity index (χ4v) is 1.81. The lowest BCUT2D eigenvalue weighted by Crippen LogP contribution is -1.85. The Bertz CT molecular complexity index is 404. The Hall–Kier alpha value is -1.30. The van der Waals surface area contributed by atoms with Crippen LogP contribution in [0.15, 0.2) is 24.3 Å². The molecule has 0 amide bonds. The minimum Gasteiger partial charge on any atom is -0.0512 e. The van der Waals surface area contributed by atoms with E-state index in [1.165, 1.54) is 33.0 Å². The van der Waals surface area contributed by atoms with E-state index in [0.29, 0.717) is 0 Å². The van der Waals surface area contributed by atoms with Crippen molar-refractivity contribution in [2.24, 2.45) is 0 Å². The predicted octanol–water partition coefficient (Wildman–Crippen LogP) is 4.07. The number of benzene rings is 2. The van der Waals surface area contributed by atoms with Crippen LogP contribution in [-0.2, 0) is 0 Å². The van der Waals surface area contributed by atoms with Crippen LogP contribution < -0.4 is 0 Å². The van der Waals surface area contributed by atoms with Crippen LogP contribution in [-0.4, -0.2) is 0 Å². The Morgan fingerprint density at radius 1 is 0.500 bits per heavy atom. The summed E-state index contributed by atoms with van der Waals surface area (Å²) in [5.41, 5.74) is 5.50. The Balaban J connectivity index is 2.83. The molecule has 0 aromatic heterocycles. The maximum atomic E-state index is 2.27. The molecule has 14 heavy (non-hydrogen) atoms. The fraction of sp³-hybridized carbons (Fsp3) is 0.286. The molecule has 72 valence electrons. The molecule has 0 radical (unpaired) electrons. The molecule has 0 aliphatic heterocycles. The second-order valence-corrected chi connectivity index (χ2v) is 4.22. The maximum absolute atomic E-state index is 2.27. The van der Waals surface area contributed by atoms with Gasteiger partial charge in [-0.05, 0) is 60.7 Å². The largest absolute Gasteiger partial charge is 0.0512 e. The molecule has 0 atom stereocenters. The minimum absolute atomic E-state index is 1.36. The minimum atomic E-state index is 1.36. The van der Waals surface area contributed by atoms with Gasteiger partial charge in [-0.2, -0.15) is 0 Å². The summed E-state index contributed by atoms with van der Waals surface area (Å²) in [6.07, 6.45) is 0. The molecule has 0 bridgehead atoms. The summed E-state index contributed by atoms with van der Waals surface area (Å²) in [5, 5.41) is 2.72. The summed E-state index contributed by atoms with van der Waals surface area (Å²) in [5.74, 6) is 0. The lowest BCUT2D eigenvalue weighted by atomic mass is 9.98. The highest BCUT2D eigenvalue weighted by molar-refractivity contribution is 5.85. The Morgan fingerprint density at radius 3 is 0.929 bits per heavy atom. The van der Waals surface area contributed by atoms with Crippen molar-refractivity contribution >= 4 is 10.8 Å². The summed E-state index contributed by atoms with van der Waals surface area (Å²) in [7, 11) is 0. The molecule has 0 heterocycles. The van der Waals surface area contributed by atoms with Gasteiger partial charge in [0.15, 0.2) is 0 Å². The van der Waals surface area contributed by atoms with E-state index < -0.39 is 0 Å². The van der Waals surface area contributed by atoms with Gasteiger partial charge in [-0.25, -0.2) is 0 Å². The average Bonchev–Trinajstić information content (AvgIpc) is 2.11. The molecule has 0 heteroatoms. The van der Waals surface area contributed by atoms with Crippen molar-refractivity contribution in [2.75, 3.05) is 0 Å². The van der Waals surface area contributed by atoms with E-state index in [9.17, 15) is 0 Å². The molecule has 2 rings (SSSR count). The van der Waals surface area contributed by atoms with E-state index in [4.69, 9.17) is 0 Å². The quantitative estimate of drug-likeness (QED) is 0.579. The van der Waals surface area contributed by atoms with Gasteiger partial charge >= 0.3 is 0 Å². The Labute approximate surface area is 85.6 Å². The zero-order valence-electron chi connectivity index (χ0n) is 9.31. The van der Waals surface area contributed by atoms with Crippen molar-refractivity contribution in [3.05, 3.63) is 46.5 Å². The van der Waals surface area contributed by atoms with Gasteiger partial charge in [0.05, 0.1) is 0 Å². The van der Waals surface area contributed by atoms with Gasteiger partial charge in [-0.3, -0.25) is 0 Å². The van der Waals surface area contributed by atoms with Gasteiger partial charge in [0.1, 0.15) is 0 Å². The summed E-state index contributed by atoms with van der Waals surface area (Å²) in [6.45, 7) is 8.68.